The Morgan fingerprint density at radius 2 is 1.66 bits per heavy atom. The third-order valence-corrected chi connectivity index (χ3v) is 9.10. The third-order valence-electron chi connectivity index (χ3n) is 4.68. The van der Waals surface area contributed by atoms with Gasteiger partial charge >= 0.3 is 0 Å². The molecule has 0 unspecified atom stereocenters. The minimum absolute atomic E-state index is 0.0868. The normalized spacial score (nSPS) is 16.3. The first kappa shape index (κ1) is 22.5. The SMILES string of the molecule is Cc1nc(C(C)(C)C)sc1C(=O)N1CCN(S(=O)(=O)c2c(Cl)cccc2Cl)CC1. The number of benzene rings is 1. The maximum Gasteiger partial charge on any atom is 0.265 e. The molecule has 0 saturated carbocycles. The number of carbonyl (C=O) groups excluding carboxylic acids is 1. The fourth-order valence-corrected chi connectivity index (χ4v) is 6.65. The van der Waals surface area contributed by atoms with E-state index in [0.717, 1.165) is 5.01 Å². The number of halogens is 2. The predicted octanol–water partition coefficient (Wildman–Crippen LogP) is 4.20. The van der Waals surface area contributed by atoms with Crippen molar-refractivity contribution in [3.63, 3.8) is 0 Å². The molecule has 158 valence electrons. The van der Waals surface area contributed by atoms with Gasteiger partial charge in [-0.2, -0.15) is 4.31 Å². The molecular weight excluding hydrogens is 453 g/mol. The minimum Gasteiger partial charge on any atom is -0.335 e. The van der Waals surface area contributed by atoms with Crippen molar-refractivity contribution in [1.82, 2.24) is 14.2 Å². The lowest BCUT2D eigenvalue weighted by Gasteiger charge is -2.34. The molecule has 1 aromatic carbocycles. The van der Waals surface area contributed by atoms with Crippen molar-refractivity contribution in [2.24, 2.45) is 0 Å². The van der Waals surface area contributed by atoms with E-state index in [-0.39, 0.29) is 39.4 Å². The van der Waals surface area contributed by atoms with Gasteiger partial charge in [0.05, 0.1) is 20.7 Å². The minimum atomic E-state index is -3.84. The van der Waals surface area contributed by atoms with Crippen molar-refractivity contribution < 1.29 is 13.2 Å². The van der Waals surface area contributed by atoms with Crippen molar-refractivity contribution >= 4 is 50.5 Å². The second-order valence-corrected chi connectivity index (χ2v) is 11.6. The predicted molar refractivity (Wildman–Crippen MR) is 117 cm³/mol. The Kier molecular flexibility index (Phi) is 6.32. The number of aryl methyl sites for hydroxylation is 1. The van der Waals surface area contributed by atoms with E-state index in [1.807, 2.05) is 6.92 Å². The summed E-state index contributed by atoms with van der Waals surface area (Å²) in [5.41, 5.74) is 0.581. The van der Waals surface area contributed by atoms with Gasteiger partial charge in [-0.25, -0.2) is 13.4 Å². The van der Waals surface area contributed by atoms with Crippen LogP contribution in [0.5, 0.6) is 0 Å². The topological polar surface area (TPSA) is 70.6 Å². The molecule has 2 heterocycles. The Balaban J connectivity index is 1.76. The number of thiazole rings is 1. The molecule has 1 aliphatic heterocycles. The molecule has 1 fully saturated rings. The highest BCUT2D eigenvalue weighted by molar-refractivity contribution is 7.89. The quantitative estimate of drug-likeness (QED) is 0.666. The summed E-state index contributed by atoms with van der Waals surface area (Å²) in [4.78, 5) is 19.7. The molecule has 1 aromatic heterocycles. The standard InChI is InChI=1S/C19H23Cl2N3O3S2/c1-12-15(28-18(22-12)19(2,3)4)17(25)23-8-10-24(11-9-23)29(26,27)16-13(20)6-5-7-14(16)21/h5-7H,8-11H2,1-4H3. The number of rotatable bonds is 3. The van der Waals surface area contributed by atoms with Gasteiger partial charge in [-0.15, -0.1) is 11.3 Å². The van der Waals surface area contributed by atoms with Gasteiger partial charge in [0.2, 0.25) is 10.0 Å². The third kappa shape index (κ3) is 4.46. The Labute approximate surface area is 185 Å². The zero-order valence-corrected chi connectivity index (χ0v) is 19.8. The van der Waals surface area contributed by atoms with Crippen LogP contribution in [0.2, 0.25) is 10.0 Å². The van der Waals surface area contributed by atoms with Crippen LogP contribution in [-0.4, -0.2) is 54.7 Å². The molecule has 0 spiro atoms. The summed E-state index contributed by atoms with van der Waals surface area (Å²) in [5.74, 6) is -0.108. The number of carbonyl (C=O) groups is 1. The van der Waals surface area contributed by atoms with E-state index in [4.69, 9.17) is 23.2 Å². The summed E-state index contributed by atoms with van der Waals surface area (Å²) >= 11 is 13.6. The molecule has 0 radical (unpaired) electrons. The Bertz CT molecular complexity index is 1020. The summed E-state index contributed by atoms with van der Waals surface area (Å²) < 4.78 is 27.3. The largest absolute Gasteiger partial charge is 0.335 e. The van der Waals surface area contributed by atoms with Crippen LogP contribution in [0.25, 0.3) is 0 Å². The number of sulfonamides is 1. The first-order valence-electron chi connectivity index (χ1n) is 9.14. The average molecular weight is 476 g/mol. The summed E-state index contributed by atoms with van der Waals surface area (Å²) in [6.45, 7) is 8.96. The van der Waals surface area contributed by atoms with Gasteiger partial charge < -0.3 is 4.90 Å². The number of hydrogen-bond donors (Lipinski definition) is 0. The van der Waals surface area contributed by atoms with Crippen LogP contribution in [-0.2, 0) is 15.4 Å². The van der Waals surface area contributed by atoms with E-state index in [1.54, 1.807) is 11.0 Å². The Morgan fingerprint density at radius 1 is 1.10 bits per heavy atom. The molecule has 1 amide bonds. The van der Waals surface area contributed by atoms with Crippen molar-refractivity contribution in [3.8, 4) is 0 Å². The van der Waals surface area contributed by atoms with Crippen LogP contribution in [0.3, 0.4) is 0 Å². The van der Waals surface area contributed by atoms with Crippen LogP contribution in [0.1, 0.15) is 41.1 Å². The maximum absolute atomic E-state index is 13.0. The molecule has 1 saturated heterocycles. The van der Waals surface area contributed by atoms with Crippen LogP contribution in [0.4, 0.5) is 0 Å². The number of piperazine rings is 1. The van der Waals surface area contributed by atoms with Crippen molar-refractivity contribution in [1.29, 1.82) is 0 Å². The molecule has 29 heavy (non-hydrogen) atoms. The first-order valence-corrected chi connectivity index (χ1v) is 12.2. The van der Waals surface area contributed by atoms with Gasteiger partial charge in [0.1, 0.15) is 9.77 Å². The smallest absolute Gasteiger partial charge is 0.265 e. The van der Waals surface area contributed by atoms with Gasteiger partial charge in [0.15, 0.2) is 0 Å². The summed E-state index contributed by atoms with van der Waals surface area (Å²) in [7, 11) is -3.84. The molecule has 0 bridgehead atoms. The number of nitrogens with zero attached hydrogens (tertiary/aromatic N) is 3. The van der Waals surface area contributed by atoms with E-state index in [9.17, 15) is 13.2 Å². The van der Waals surface area contributed by atoms with E-state index in [1.165, 1.54) is 27.8 Å². The second kappa shape index (κ2) is 8.15. The van der Waals surface area contributed by atoms with E-state index < -0.39 is 10.0 Å². The molecule has 6 nitrogen and oxygen atoms in total. The fraction of sp³-hybridized carbons (Fsp3) is 0.474. The van der Waals surface area contributed by atoms with Gasteiger partial charge in [-0.3, -0.25) is 4.79 Å². The molecule has 1 aliphatic rings. The van der Waals surface area contributed by atoms with Crippen molar-refractivity contribution in [2.75, 3.05) is 26.2 Å². The summed E-state index contributed by atoms with van der Waals surface area (Å²) in [6, 6.07) is 4.60. The molecule has 10 heteroatoms. The second-order valence-electron chi connectivity index (χ2n) is 7.93. The highest BCUT2D eigenvalue weighted by Gasteiger charge is 2.34. The van der Waals surface area contributed by atoms with Gasteiger partial charge in [0, 0.05) is 31.6 Å². The van der Waals surface area contributed by atoms with E-state index in [2.05, 4.69) is 25.8 Å². The van der Waals surface area contributed by atoms with Crippen LogP contribution >= 0.6 is 34.5 Å². The molecule has 2 aromatic rings. The Morgan fingerprint density at radius 3 is 2.14 bits per heavy atom. The van der Waals surface area contributed by atoms with Crippen LogP contribution in [0, 0.1) is 6.92 Å². The lowest BCUT2D eigenvalue weighted by atomic mass is 9.98. The Hall–Kier alpha value is -1.19. The number of amides is 1. The molecule has 0 N–H and O–H groups in total. The monoisotopic (exact) mass is 475 g/mol. The molecule has 0 atom stereocenters. The maximum atomic E-state index is 13.0. The zero-order valence-electron chi connectivity index (χ0n) is 16.7. The van der Waals surface area contributed by atoms with Crippen LogP contribution in [0.15, 0.2) is 23.1 Å². The lowest BCUT2D eigenvalue weighted by Crippen LogP contribution is -2.50. The highest BCUT2D eigenvalue weighted by atomic mass is 35.5. The molecular formula is C19H23Cl2N3O3S2. The number of hydrogen-bond acceptors (Lipinski definition) is 5. The van der Waals surface area contributed by atoms with Crippen molar-refractivity contribution in [2.45, 2.75) is 38.0 Å². The van der Waals surface area contributed by atoms with Gasteiger partial charge in [-0.1, -0.05) is 50.0 Å². The highest BCUT2D eigenvalue weighted by Crippen LogP contribution is 2.33. The zero-order chi connectivity index (χ0) is 21.6. The number of aromatic nitrogens is 1. The lowest BCUT2D eigenvalue weighted by molar-refractivity contribution is 0.0702. The van der Waals surface area contributed by atoms with E-state index >= 15 is 0 Å². The van der Waals surface area contributed by atoms with E-state index in [0.29, 0.717) is 23.7 Å². The molecule has 3 rings (SSSR count). The van der Waals surface area contributed by atoms with Gasteiger partial charge in [0.25, 0.3) is 5.91 Å². The van der Waals surface area contributed by atoms with Gasteiger partial charge in [-0.05, 0) is 19.1 Å². The first-order chi connectivity index (χ1) is 13.4. The average Bonchev–Trinajstić information content (AvgIpc) is 3.03. The van der Waals surface area contributed by atoms with Crippen LogP contribution < -0.4 is 0 Å². The van der Waals surface area contributed by atoms with Crippen molar-refractivity contribution in [3.05, 3.63) is 43.8 Å². The fourth-order valence-electron chi connectivity index (χ4n) is 3.05. The summed E-state index contributed by atoms with van der Waals surface area (Å²) in [5, 5.41) is 1.09. The summed E-state index contributed by atoms with van der Waals surface area (Å²) in [6.07, 6.45) is 0. The molecule has 0 aliphatic carbocycles.